The Balaban J connectivity index is 1.61. The molecule has 0 saturated carbocycles. The number of allylic oxidation sites excluding steroid dienone is 3. The van der Waals surface area contributed by atoms with Crippen molar-refractivity contribution in [3.63, 3.8) is 0 Å². The molecule has 1 aliphatic carbocycles. The molecular weight excluding hydrogens is 391 g/mol. The van der Waals surface area contributed by atoms with Crippen LogP contribution in [0.1, 0.15) is 19.2 Å². The van der Waals surface area contributed by atoms with E-state index in [1.54, 1.807) is 19.1 Å². The Morgan fingerprint density at radius 1 is 1.27 bits per heavy atom. The molecule has 2 aromatic rings. The SMILES string of the molecule is CCOC(=O)[C@H](Cc1ncc(-c2ccc(F)cc2)o1)NC(=O)OCC1C=CC=CC1. The van der Waals surface area contributed by atoms with Gasteiger partial charge in [0, 0.05) is 11.5 Å². The number of carbonyl (C=O) groups excluding carboxylic acids is 2. The van der Waals surface area contributed by atoms with Crippen LogP contribution in [0.3, 0.4) is 0 Å². The van der Waals surface area contributed by atoms with E-state index in [1.165, 1.54) is 18.3 Å². The van der Waals surface area contributed by atoms with Gasteiger partial charge in [0.25, 0.3) is 0 Å². The molecule has 158 valence electrons. The maximum absolute atomic E-state index is 13.1. The lowest BCUT2D eigenvalue weighted by atomic mass is 10.0. The zero-order valence-corrected chi connectivity index (χ0v) is 16.5. The Kier molecular flexibility index (Phi) is 7.37. The van der Waals surface area contributed by atoms with Crippen molar-refractivity contribution in [1.82, 2.24) is 10.3 Å². The Morgan fingerprint density at radius 2 is 2.07 bits per heavy atom. The van der Waals surface area contributed by atoms with Crippen molar-refractivity contribution in [2.24, 2.45) is 5.92 Å². The average molecular weight is 414 g/mol. The van der Waals surface area contributed by atoms with Crippen LogP contribution in [0.4, 0.5) is 9.18 Å². The molecule has 30 heavy (non-hydrogen) atoms. The highest BCUT2D eigenvalue weighted by Gasteiger charge is 2.26. The van der Waals surface area contributed by atoms with E-state index in [-0.39, 0.29) is 37.3 Å². The summed E-state index contributed by atoms with van der Waals surface area (Å²) in [5, 5.41) is 2.52. The molecule has 1 aromatic carbocycles. The van der Waals surface area contributed by atoms with Gasteiger partial charge in [-0.1, -0.05) is 24.3 Å². The predicted octanol–water partition coefficient (Wildman–Crippen LogP) is 3.81. The molecule has 8 heteroatoms. The number of nitrogens with zero attached hydrogens (tertiary/aromatic N) is 1. The van der Waals surface area contributed by atoms with Gasteiger partial charge in [-0.15, -0.1) is 0 Å². The van der Waals surface area contributed by atoms with Gasteiger partial charge in [0.2, 0.25) is 0 Å². The largest absolute Gasteiger partial charge is 0.464 e. The first kappa shape index (κ1) is 21.3. The second-order valence-corrected chi connectivity index (χ2v) is 6.69. The van der Waals surface area contributed by atoms with E-state index in [0.717, 1.165) is 6.42 Å². The predicted molar refractivity (Wildman–Crippen MR) is 107 cm³/mol. The minimum atomic E-state index is -1.01. The summed E-state index contributed by atoms with van der Waals surface area (Å²) in [6.45, 7) is 2.04. The number of esters is 1. The third-order valence-electron chi connectivity index (χ3n) is 4.42. The van der Waals surface area contributed by atoms with E-state index in [0.29, 0.717) is 11.3 Å². The summed E-state index contributed by atoms with van der Waals surface area (Å²) in [5.41, 5.74) is 0.643. The number of alkyl carbamates (subject to hydrolysis) is 1. The van der Waals surface area contributed by atoms with Crippen molar-refractivity contribution in [3.05, 3.63) is 66.5 Å². The quantitative estimate of drug-likeness (QED) is 0.661. The Hall–Kier alpha value is -3.42. The van der Waals surface area contributed by atoms with Gasteiger partial charge in [-0.3, -0.25) is 0 Å². The third-order valence-corrected chi connectivity index (χ3v) is 4.42. The molecule has 0 saturated heterocycles. The van der Waals surface area contributed by atoms with Crippen LogP contribution in [0.5, 0.6) is 0 Å². The molecule has 1 amide bonds. The molecule has 1 aromatic heterocycles. The highest BCUT2D eigenvalue weighted by atomic mass is 19.1. The molecule has 0 radical (unpaired) electrons. The zero-order chi connectivity index (χ0) is 21.3. The van der Waals surface area contributed by atoms with Crippen LogP contribution >= 0.6 is 0 Å². The van der Waals surface area contributed by atoms with Crippen LogP contribution in [0.15, 0.2) is 59.2 Å². The summed E-state index contributed by atoms with van der Waals surface area (Å²) in [5.74, 6) is -0.216. The summed E-state index contributed by atoms with van der Waals surface area (Å²) in [4.78, 5) is 28.6. The lowest BCUT2D eigenvalue weighted by Crippen LogP contribution is -2.44. The Morgan fingerprint density at radius 3 is 2.77 bits per heavy atom. The number of rotatable bonds is 8. The van der Waals surface area contributed by atoms with E-state index < -0.39 is 18.1 Å². The Labute approximate surface area is 173 Å². The minimum Gasteiger partial charge on any atom is -0.464 e. The molecule has 1 heterocycles. The number of carbonyl (C=O) groups is 2. The minimum absolute atomic E-state index is 0.0127. The molecule has 0 aliphatic heterocycles. The number of nitrogens with one attached hydrogen (secondary N) is 1. The molecule has 0 spiro atoms. The van der Waals surface area contributed by atoms with Crippen LogP contribution in [-0.4, -0.2) is 36.3 Å². The first-order chi connectivity index (χ1) is 14.5. The van der Waals surface area contributed by atoms with Gasteiger partial charge in [-0.25, -0.2) is 19.0 Å². The van der Waals surface area contributed by atoms with Crippen molar-refractivity contribution in [3.8, 4) is 11.3 Å². The van der Waals surface area contributed by atoms with E-state index in [9.17, 15) is 14.0 Å². The summed E-state index contributed by atoms with van der Waals surface area (Å²) < 4.78 is 29.0. The normalized spacial score (nSPS) is 16.1. The van der Waals surface area contributed by atoms with Crippen molar-refractivity contribution in [1.29, 1.82) is 0 Å². The fourth-order valence-electron chi connectivity index (χ4n) is 2.89. The number of hydrogen-bond donors (Lipinski definition) is 1. The molecule has 3 rings (SSSR count). The van der Waals surface area contributed by atoms with Crippen LogP contribution in [-0.2, 0) is 20.7 Å². The summed E-state index contributed by atoms with van der Waals surface area (Å²) in [6.07, 6.45) is 9.32. The molecule has 0 fully saturated rings. The van der Waals surface area contributed by atoms with Crippen LogP contribution in [0, 0.1) is 11.7 Å². The number of amides is 1. The van der Waals surface area contributed by atoms with Crippen LogP contribution < -0.4 is 5.32 Å². The second kappa shape index (κ2) is 10.4. The molecule has 1 unspecified atom stereocenters. The molecule has 7 nitrogen and oxygen atoms in total. The topological polar surface area (TPSA) is 90.7 Å². The standard InChI is InChI=1S/C22H23FN2O5/c1-2-28-21(26)18(25-22(27)29-14-15-6-4-3-5-7-15)12-20-24-13-19(30-20)16-8-10-17(23)11-9-16/h3-6,8-11,13,15,18H,2,7,12,14H2,1H3,(H,25,27)/t15?,18-/m0/s1. The number of oxazole rings is 1. The smallest absolute Gasteiger partial charge is 0.407 e. The van der Waals surface area contributed by atoms with Gasteiger partial charge < -0.3 is 19.2 Å². The van der Waals surface area contributed by atoms with E-state index in [2.05, 4.69) is 10.3 Å². The number of halogens is 1. The lowest BCUT2D eigenvalue weighted by Gasteiger charge is -2.17. The maximum atomic E-state index is 13.1. The second-order valence-electron chi connectivity index (χ2n) is 6.69. The monoisotopic (exact) mass is 414 g/mol. The highest BCUT2D eigenvalue weighted by Crippen LogP contribution is 2.21. The number of aromatic nitrogens is 1. The number of hydrogen-bond acceptors (Lipinski definition) is 6. The average Bonchev–Trinajstić information content (AvgIpc) is 3.22. The number of ether oxygens (including phenoxy) is 2. The van der Waals surface area contributed by atoms with Crippen LogP contribution in [0.25, 0.3) is 11.3 Å². The van der Waals surface area contributed by atoms with Gasteiger partial charge in [0.1, 0.15) is 11.9 Å². The maximum Gasteiger partial charge on any atom is 0.407 e. The lowest BCUT2D eigenvalue weighted by molar-refractivity contribution is -0.145. The first-order valence-electron chi connectivity index (χ1n) is 9.69. The Bertz CT molecular complexity index is 920. The highest BCUT2D eigenvalue weighted by molar-refractivity contribution is 5.81. The van der Waals surface area contributed by atoms with Gasteiger partial charge >= 0.3 is 12.1 Å². The van der Waals surface area contributed by atoms with Crippen molar-refractivity contribution < 1.29 is 27.9 Å². The molecule has 1 N–H and O–H groups in total. The molecule has 0 bridgehead atoms. The summed E-state index contributed by atoms with van der Waals surface area (Å²) >= 11 is 0. The summed E-state index contributed by atoms with van der Waals surface area (Å²) in [6, 6.07) is 4.74. The zero-order valence-electron chi connectivity index (χ0n) is 16.5. The van der Waals surface area contributed by atoms with Crippen molar-refractivity contribution in [2.45, 2.75) is 25.8 Å². The van der Waals surface area contributed by atoms with E-state index >= 15 is 0 Å². The van der Waals surface area contributed by atoms with Crippen LogP contribution in [0.2, 0.25) is 0 Å². The van der Waals surface area contributed by atoms with E-state index in [4.69, 9.17) is 13.9 Å². The molecule has 1 aliphatic rings. The summed E-state index contributed by atoms with van der Waals surface area (Å²) in [7, 11) is 0. The molecule has 2 atom stereocenters. The van der Waals surface area contributed by atoms with Gasteiger partial charge in [0.05, 0.1) is 25.8 Å². The van der Waals surface area contributed by atoms with Crippen molar-refractivity contribution in [2.75, 3.05) is 13.2 Å². The molecular formula is C22H23FN2O5. The third kappa shape index (κ3) is 6.04. The first-order valence-corrected chi connectivity index (χ1v) is 9.69. The number of benzene rings is 1. The fraction of sp³-hybridized carbons (Fsp3) is 0.318. The van der Waals surface area contributed by atoms with Gasteiger partial charge in [0.15, 0.2) is 11.7 Å². The van der Waals surface area contributed by atoms with Gasteiger partial charge in [-0.2, -0.15) is 0 Å². The van der Waals surface area contributed by atoms with Crippen molar-refractivity contribution >= 4 is 12.1 Å². The van der Waals surface area contributed by atoms with E-state index in [1.807, 2.05) is 24.3 Å². The fourth-order valence-corrected chi connectivity index (χ4v) is 2.89. The van der Waals surface area contributed by atoms with Gasteiger partial charge in [-0.05, 0) is 37.6 Å².